The Morgan fingerprint density at radius 3 is 2.31 bits per heavy atom. The minimum Gasteiger partial charge on any atom is -0.388 e. The molecule has 0 saturated heterocycles. The molecule has 0 bridgehead atoms. The molecule has 3 aromatic carbocycles. The predicted molar refractivity (Wildman–Crippen MR) is 98.4 cm³/mol. The van der Waals surface area contributed by atoms with Gasteiger partial charge >= 0.3 is 0 Å². The Bertz CT molecular complexity index is 924. The van der Waals surface area contributed by atoms with E-state index in [2.05, 4.69) is 0 Å². The van der Waals surface area contributed by atoms with Crippen LogP contribution in [0, 0.1) is 5.82 Å². The minimum absolute atomic E-state index is 0.127. The summed E-state index contributed by atoms with van der Waals surface area (Å²) in [5.74, 6) is -0.476. The van der Waals surface area contributed by atoms with E-state index < -0.39 is 6.10 Å². The summed E-state index contributed by atoms with van der Waals surface area (Å²) in [6.45, 7) is 0. The second kappa shape index (κ2) is 6.73. The van der Waals surface area contributed by atoms with Crippen molar-refractivity contribution in [1.29, 1.82) is 0 Å². The molecule has 2 unspecified atom stereocenters. The highest BCUT2D eigenvalue weighted by atomic mass is 19.1. The number of rotatable bonds is 4. The lowest BCUT2D eigenvalue weighted by atomic mass is 9.96. The predicted octanol–water partition coefficient (Wildman–Crippen LogP) is 4.65. The topological polar surface area (TPSA) is 40.5 Å². The molecule has 4 rings (SSSR count). The molecule has 0 fully saturated rings. The summed E-state index contributed by atoms with van der Waals surface area (Å²) >= 11 is 0. The number of hydrogen-bond donors (Lipinski definition) is 1. The molecule has 2 atom stereocenters. The Hall–Kier alpha value is -2.98. The summed E-state index contributed by atoms with van der Waals surface area (Å²) in [4.78, 5) is 14.6. The van der Waals surface area contributed by atoms with Crippen LogP contribution in [0.25, 0.3) is 0 Å². The smallest absolute Gasteiger partial charge is 0.259 e. The molecule has 4 heteroatoms. The average molecular weight is 347 g/mol. The van der Waals surface area contributed by atoms with E-state index in [1.54, 1.807) is 23.1 Å². The highest BCUT2D eigenvalue weighted by Gasteiger charge is 2.38. The van der Waals surface area contributed by atoms with Crippen molar-refractivity contribution in [2.24, 2.45) is 0 Å². The second-order valence-corrected chi connectivity index (χ2v) is 6.42. The molecule has 0 radical (unpaired) electrons. The number of carbonyl (C=O) groups is 1. The van der Waals surface area contributed by atoms with Crippen molar-refractivity contribution >= 4 is 11.6 Å². The van der Waals surface area contributed by atoms with Crippen molar-refractivity contribution < 1.29 is 14.3 Å². The second-order valence-electron chi connectivity index (χ2n) is 6.42. The SMILES string of the molecule is O=C1c2ccccc2C(CC(O)c2ccccc2)N1c1ccc(F)cc1. The third-order valence-electron chi connectivity index (χ3n) is 4.82. The number of benzene rings is 3. The number of carbonyl (C=O) groups excluding carboxylic acids is 1. The van der Waals surface area contributed by atoms with Crippen LogP contribution in [0.5, 0.6) is 0 Å². The maximum Gasteiger partial charge on any atom is 0.259 e. The highest BCUT2D eigenvalue weighted by molar-refractivity contribution is 6.11. The molecule has 1 amide bonds. The van der Waals surface area contributed by atoms with E-state index in [9.17, 15) is 14.3 Å². The first kappa shape index (κ1) is 16.5. The molecular formula is C22H18FNO2. The van der Waals surface area contributed by atoms with Crippen molar-refractivity contribution in [1.82, 2.24) is 0 Å². The number of anilines is 1. The number of halogens is 1. The van der Waals surface area contributed by atoms with Crippen LogP contribution in [-0.2, 0) is 0 Å². The number of amides is 1. The van der Waals surface area contributed by atoms with E-state index in [1.165, 1.54) is 12.1 Å². The Morgan fingerprint density at radius 1 is 0.923 bits per heavy atom. The standard InChI is InChI=1S/C22H18FNO2/c23-16-10-12-17(13-11-16)24-20(14-21(25)15-6-2-1-3-7-15)18-8-4-5-9-19(18)22(24)26/h1-13,20-21,25H,14H2. The normalized spacial score (nSPS) is 17.2. The molecule has 0 saturated carbocycles. The maximum atomic E-state index is 13.3. The van der Waals surface area contributed by atoms with Gasteiger partial charge in [0.2, 0.25) is 0 Å². The molecule has 26 heavy (non-hydrogen) atoms. The Balaban J connectivity index is 1.72. The van der Waals surface area contributed by atoms with Gasteiger partial charge in [-0.15, -0.1) is 0 Å². The van der Waals surface area contributed by atoms with Gasteiger partial charge in [-0.05, 0) is 41.5 Å². The average Bonchev–Trinajstić information content (AvgIpc) is 2.95. The van der Waals surface area contributed by atoms with Crippen LogP contribution in [0.1, 0.15) is 40.1 Å². The van der Waals surface area contributed by atoms with Crippen molar-refractivity contribution in [2.75, 3.05) is 4.90 Å². The van der Waals surface area contributed by atoms with E-state index >= 15 is 0 Å². The van der Waals surface area contributed by atoms with Gasteiger partial charge in [0.05, 0.1) is 12.1 Å². The van der Waals surface area contributed by atoms with Crippen molar-refractivity contribution in [3.8, 4) is 0 Å². The van der Waals surface area contributed by atoms with E-state index in [1.807, 2.05) is 48.5 Å². The molecule has 1 aliphatic rings. The van der Waals surface area contributed by atoms with Gasteiger partial charge in [-0.2, -0.15) is 0 Å². The van der Waals surface area contributed by atoms with Crippen LogP contribution in [0.4, 0.5) is 10.1 Å². The lowest BCUT2D eigenvalue weighted by molar-refractivity contribution is 0.0980. The summed E-state index contributed by atoms with van der Waals surface area (Å²) in [5, 5.41) is 10.7. The number of fused-ring (bicyclic) bond motifs is 1. The van der Waals surface area contributed by atoms with Gasteiger partial charge < -0.3 is 10.0 Å². The van der Waals surface area contributed by atoms with Crippen molar-refractivity contribution in [3.05, 3.63) is 101 Å². The molecule has 1 N–H and O–H groups in total. The zero-order valence-corrected chi connectivity index (χ0v) is 14.0. The fraction of sp³-hybridized carbons (Fsp3) is 0.136. The summed E-state index contributed by atoms with van der Waals surface area (Å²) in [6.07, 6.45) is -0.340. The van der Waals surface area contributed by atoms with Crippen LogP contribution in [0.3, 0.4) is 0 Å². The van der Waals surface area contributed by atoms with Gasteiger partial charge in [-0.3, -0.25) is 4.79 Å². The Morgan fingerprint density at radius 2 is 1.58 bits per heavy atom. The van der Waals surface area contributed by atoms with Crippen LogP contribution in [0.15, 0.2) is 78.9 Å². The first-order valence-electron chi connectivity index (χ1n) is 8.56. The third kappa shape index (κ3) is 2.89. The monoisotopic (exact) mass is 347 g/mol. The molecule has 0 aliphatic carbocycles. The van der Waals surface area contributed by atoms with E-state index in [-0.39, 0.29) is 17.8 Å². The van der Waals surface area contributed by atoms with Crippen LogP contribution < -0.4 is 4.90 Å². The molecule has 130 valence electrons. The van der Waals surface area contributed by atoms with Crippen LogP contribution in [-0.4, -0.2) is 11.0 Å². The van der Waals surface area contributed by atoms with Gasteiger partial charge in [0.15, 0.2) is 0 Å². The minimum atomic E-state index is -0.705. The van der Waals surface area contributed by atoms with Gasteiger partial charge in [0.1, 0.15) is 5.82 Å². The zero-order chi connectivity index (χ0) is 18.1. The summed E-state index contributed by atoms with van der Waals surface area (Å²) in [7, 11) is 0. The zero-order valence-electron chi connectivity index (χ0n) is 14.0. The third-order valence-corrected chi connectivity index (χ3v) is 4.82. The molecular weight excluding hydrogens is 329 g/mol. The highest BCUT2D eigenvalue weighted by Crippen LogP contribution is 2.42. The fourth-order valence-electron chi connectivity index (χ4n) is 3.55. The quantitative estimate of drug-likeness (QED) is 0.746. The number of nitrogens with zero attached hydrogens (tertiary/aromatic N) is 1. The molecule has 1 aliphatic heterocycles. The van der Waals surface area contributed by atoms with Crippen LogP contribution in [0.2, 0.25) is 0 Å². The Labute approximate surface area is 151 Å². The fourth-order valence-corrected chi connectivity index (χ4v) is 3.55. The summed E-state index contributed by atoms with van der Waals surface area (Å²) in [5.41, 5.74) is 2.94. The van der Waals surface area contributed by atoms with Crippen LogP contribution >= 0.6 is 0 Å². The Kier molecular flexibility index (Phi) is 4.27. The van der Waals surface area contributed by atoms with Crippen molar-refractivity contribution in [3.63, 3.8) is 0 Å². The number of aliphatic hydroxyl groups excluding tert-OH is 1. The first-order valence-corrected chi connectivity index (χ1v) is 8.56. The van der Waals surface area contributed by atoms with E-state index in [0.717, 1.165) is 11.1 Å². The summed E-state index contributed by atoms with van der Waals surface area (Å²) < 4.78 is 13.3. The maximum absolute atomic E-state index is 13.3. The van der Waals surface area contributed by atoms with Gasteiger partial charge in [-0.25, -0.2) is 4.39 Å². The van der Waals surface area contributed by atoms with Gasteiger partial charge in [0.25, 0.3) is 5.91 Å². The lowest BCUT2D eigenvalue weighted by Crippen LogP contribution is -2.28. The van der Waals surface area contributed by atoms with Gasteiger partial charge in [-0.1, -0.05) is 48.5 Å². The van der Waals surface area contributed by atoms with Crippen molar-refractivity contribution in [2.45, 2.75) is 18.6 Å². The number of aliphatic hydroxyl groups is 1. The molecule has 3 nitrogen and oxygen atoms in total. The van der Waals surface area contributed by atoms with Gasteiger partial charge in [0, 0.05) is 17.7 Å². The lowest BCUT2D eigenvalue weighted by Gasteiger charge is -2.27. The molecule has 3 aromatic rings. The number of hydrogen-bond acceptors (Lipinski definition) is 2. The van der Waals surface area contributed by atoms with E-state index in [4.69, 9.17) is 0 Å². The first-order chi connectivity index (χ1) is 12.6. The largest absolute Gasteiger partial charge is 0.388 e. The van der Waals surface area contributed by atoms with E-state index in [0.29, 0.717) is 17.7 Å². The molecule has 0 aromatic heterocycles. The molecule has 1 heterocycles. The summed E-state index contributed by atoms with van der Waals surface area (Å²) in [6, 6.07) is 22.4. The molecule has 0 spiro atoms.